The summed E-state index contributed by atoms with van der Waals surface area (Å²) in [6.07, 6.45) is 0. The highest BCUT2D eigenvalue weighted by atomic mass is 28.5. The summed E-state index contributed by atoms with van der Waals surface area (Å²) in [6.45, 7) is 23.1. The van der Waals surface area contributed by atoms with Crippen molar-refractivity contribution in [1.29, 1.82) is 0 Å². The molecule has 0 heterocycles. The van der Waals surface area contributed by atoms with E-state index in [0.29, 0.717) is 0 Å². The Morgan fingerprint density at radius 1 is 0.621 bits per heavy atom. The van der Waals surface area contributed by atoms with Crippen molar-refractivity contribution < 1.29 is 26.4 Å². The van der Waals surface area contributed by atoms with Crippen LogP contribution in [0.5, 0.6) is 0 Å². The van der Waals surface area contributed by atoms with E-state index in [0.717, 1.165) is 5.19 Å². The van der Waals surface area contributed by atoms with Crippen LogP contribution in [0.2, 0.25) is 72.0 Å². The second kappa shape index (κ2) is 9.00. The van der Waals surface area contributed by atoms with E-state index in [1.54, 1.807) is 12.1 Å². The molecule has 29 heavy (non-hydrogen) atoms. The van der Waals surface area contributed by atoms with Gasteiger partial charge in [-0.25, -0.2) is 9.90 Å². The second-order valence-electron chi connectivity index (χ2n) is 10.1. The van der Waals surface area contributed by atoms with E-state index in [1.807, 2.05) is 25.2 Å². The molecule has 0 spiro atoms. The Hall–Kier alpha value is -0.386. The number of hydrogen-bond donors (Lipinski definition) is 0. The van der Waals surface area contributed by atoms with Gasteiger partial charge >= 0.3 is 31.7 Å². The molecule has 1 radical (unpaired) electrons. The fourth-order valence-corrected chi connectivity index (χ4v) is 27.0. The summed E-state index contributed by atoms with van der Waals surface area (Å²) in [7, 11) is -11.3. The monoisotopic (exact) mass is 489 g/mol. The third-order valence-corrected chi connectivity index (χ3v) is 21.9. The van der Waals surface area contributed by atoms with Crippen molar-refractivity contribution in [3.05, 3.63) is 29.8 Å². The molecular formula is C18H37O6Si5. The van der Waals surface area contributed by atoms with Gasteiger partial charge in [-0.1, -0.05) is 12.1 Å². The van der Waals surface area contributed by atoms with E-state index in [-0.39, 0.29) is 5.56 Å². The van der Waals surface area contributed by atoms with Crippen LogP contribution in [0, 0.1) is 0 Å². The Bertz CT molecular complexity index is 710. The summed E-state index contributed by atoms with van der Waals surface area (Å²) < 4.78 is 25.9. The van der Waals surface area contributed by atoms with Crippen LogP contribution in [-0.2, 0) is 21.6 Å². The average molecular weight is 490 g/mol. The van der Waals surface area contributed by atoms with Gasteiger partial charge in [0, 0.05) is 0 Å². The fourth-order valence-electron chi connectivity index (χ4n) is 3.66. The molecule has 0 aliphatic heterocycles. The first-order valence-electron chi connectivity index (χ1n) is 9.86. The van der Waals surface area contributed by atoms with Gasteiger partial charge in [0.1, 0.15) is 0 Å². The lowest BCUT2D eigenvalue weighted by Crippen LogP contribution is -2.60. The number of hydrogen-bond acceptors (Lipinski definition) is 5. The third-order valence-electron chi connectivity index (χ3n) is 3.85. The molecule has 1 aromatic carbocycles. The van der Waals surface area contributed by atoms with Crippen LogP contribution < -0.4 is 5.19 Å². The topological polar surface area (TPSA) is 73.9 Å². The van der Waals surface area contributed by atoms with Gasteiger partial charge in [-0.3, -0.25) is 0 Å². The zero-order valence-electron chi connectivity index (χ0n) is 19.8. The van der Waals surface area contributed by atoms with Crippen LogP contribution in [0.15, 0.2) is 24.3 Å². The fraction of sp³-hybridized carbons (Fsp3) is 0.611. The summed E-state index contributed by atoms with van der Waals surface area (Å²) in [6, 6.07) is 6.78. The van der Waals surface area contributed by atoms with Crippen LogP contribution >= 0.6 is 0 Å². The zero-order chi connectivity index (χ0) is 22.9. The maximum absolute atomic E-state index is 11.0. The van der Waals surface area contributed by atoms with Crippen molar-refractivity contribution >= 4 is 53.5 Å². The van der Waals surface area contributed by atoms with Crippen molar-refractivity contribution in [2.24, 2.45) is 0 Å². The van der Waals surface area contributed by atoms with Gasteiger partial charge in [-0.05, 0) is 89.3 Å². The van der Waals surface area contributed by atoms with Crippen molar-refractivity contribution in [3.8, 4) is 0 Å². The van der Waals surface area contributed by atoms with Crippen molar-refractivity contribution in [2.45, 2.75) is 72.0 Å². The molecule has 0 atom stereocenters. The maximum atomic E-state index is 11.0. The number of benzene rings is 1. The molecule has 0 bridgehead atoms. The molecule has 11 heteroatoms. The summed E-state index contributed by atoms with van der Waals surface area (Å²) in [4.78, 5) is 11.0. The third kappa shape index (κ3) is 9.52. The minimum Gasteiger partial charge on any atom is -0.437 e. The first kappa shape index (κ1) is 26.6. The first-order valence-corrected chi connectivity index (χ1v) is 24.6. The molecule has 0 unspecified atom stereocenters. The molecule has 0 aromatic heterocycles. The predicted molar refractivity (Wildman–Crippen MR) is 129 cm³/mol. The van der Waals surface area contributed by atoms with E-state index in [4.69, 9.17) is 16.5 Å². The minimum absolute atomic E-state index is 0.169. The molecule has 0 fully saturated rings. The Balaban J connectivity index is 2.90. The van der Waals surface area contributed by atoms with Gasteiger partial charge in [-0.15, -0.1) is 0 Å². The Morgan fingerprint density at radius 3 is 1.38 bits per heavy atom. The maximum Gasteiger partial charge on any atom is 0.386 e. The summed E-state index contributed by atoms with van der Waals surface area (Å²) in [5, 5.41) is 12.0. The molecule has 0 saturated carbocycles. The minimum atomic E-state index is -2.50. The molecule has 1 aromatic rings. The highest BCUT2D eigenvalue weighted by molar-refractivity contribution is 6.93. The smallest absolute Gasteiger partial charge is 0.386 e. The molecule has 0 amide bonds. The van der Waals surface area contributed by atoms with Crippen molar-refractivity contribution in [3.63, 3.8) is 0 Å². The molecule has 1 rings (SSSR count). The molecule has 165 valence electrons. The molecule has 0 aliphatic carbocycles. The molecule has 0 aliphatic rings. The van der Waals surface area contributed by atoms with Gasteiger partial charge in [-0.2, -0.15) is 0 Å². The summed E-state index contributed by atoms with van der Waals surface area (Å²) in [5.74, 6) is -1.17. The van der Waals surface area contributed by atoms with Gasteiger partial charge in [0.2, 0.25) is 8.32 Å². The molecule has 0 saturated heterocycles. The van der Waals surface area contributed by atoms with Crippen LogP contribution in [0.3, 0.4) is 0 Å². The number of carbonyl (C=O) groups is 1. The summed E-state index contributed by atoms with van der Waals surface area (Å²) >= 11 is 0. The van der Waals surface area contributed by atoms with E-state index in [9.17, 15) is 9.90 Å². The van der Waals surface area contributed by atoms with Crippen LogP contribution in [0.25, 0.3) is 0 Å². The van der Waals surface area contributed by atoms with Gasteiger partial charge < -0.3 is 16.5 Å². The van der Waals surface area contributed by atoms with E-state index < -0.39 is 48.3 Å². The lowest BCUT2D eigenvalue weighted by molar-refractivity contribution is 0.0573. The van der Waals surface area contributed by atoms with Gasteiger partial charge in [0.25, 0.3) is 0 Å². The van der Waals surface area contributed by atoms with Crippen LogP contribution in [0.4, 0.5) is 0 Å². The van der Waals surface area contributed by atoms with Crippen LogP contribution in [-0.4, -0.2) is 48.3 Å². The largest absolute Gasteiger partial charge is 0.437 e. The number of carbonyl (C=O) groups excluding carboxylic acids is 1. The van der Waals surface area contributed by atoms with E-state index in [1.165, 1.54) is 0 Å². The van der Waals surface area contributed by atoms with Crippen molar-refractivity contribution in [2.75, 3.05) is 0 Å². The van der Waals surface area contributed by atoms with Crippen molar-refractivity contribution in [1.82, 2.24) is 0 Å². The average Bonchev–Trinajstić information content (AvgIpc) is 2.40. The number of rotatable bonds is 10. The lowest BCUT2D eigenvalue weighted by Gasteiger charge is -2.42. The Labute approximate surface area is 181 Å². The lowest BCUT2D eigenvalue weighted by atomic mass is 10.2. The highest BCUT2D eigenvalue weighted by Crippen LogP contribution is 2.26. The van der Waals surface area contributed by atoms with Gasteiger partial charge in [0.05, 0.1) is 5.56 Å². The summed E-state index contributed by atoms with van der Waals surface area (Å²) in [5.41, 5.74) is 0.169. The molecular weight excluding hydrogens is 453 g/mol. The highest BCUT2D eigenvalue weighted by Gasteiger charge is 2.45. The van der Waals surface area contributed by atoms with E-state index >= 15 is 0 Å². The Morgan fingerprint density at radius 2 is 1.00 bits per heavy atom. The molecule has 0 N–H and O–H groups in total. The molecule has 6 nitrogen and oxygen atoms in total. The van der Waals surface area contributed by atoms with Gasteiger partial charge in [0.15, 0.2) is 8.32 Å². The van der Waals surface area contributed by atoms with E-state index in [2.05, 4.69) is 58.9 Å². The van der Waals surface area contributed by atoms with Crippen LogP contribution in [0.1, 0.15) is 10.4 Å². The SMILES string of the molecule is C[Si](C)(C)O[Si](C)(C)O[Si](C)(C)O[Si](C)(C)O[Si](C)(C)c1ccc(C([O])=O)cc1. The standard InChI is InChI=1S/C18H37O6Si5/c1-25(2,3)21-27(6,7)23-29(10,11)24-28(8,9)22-26(4,5)17-14-12-16(13-15-17)18(19)20/h12-15H,1-11H3. The second-order valence-corrected chi connectivity index (χ2v) is 29.6. The first-order chi connectivity index (χ1) is 12.7. The normalized spacial score (nSPS) is 14.2. The predicted octanol–water partition coefficient (Wildman–Crippen LogP) is 4.68. The zero-order valence-corrected chi connectivity index (χ0v) is 24.8. The quantitative estimate of drug-likeness (QED) is 0.446. The Kier molecular flexibility index (Phi) is 8.27.